The number of methoxy groups -OCH3 is 1. The average Bonchev–Trinajstić information content (AvgIpc) is 3.00. The van der Waals surface area contributed by atoms with E-state index in [-0.39, 0.29) is 35.9 Å². The Morgan fingerprint density at radius 2 is 2.21 bits per heavy atom. The molecule has 136 valence electrons. The molecule has 1 heterocycles. The van der Waals surface area contributed by atoms with E-state index in [2.05, 4.69) is 15.4 Å². The standard InChI is InChI=1S/C16H22F2N2O3.ClH/c1-22-13-5-4-11(9-14(13)23-16(17)18)6-8-20-15(21)10-12-3-2-7-19-12;/h4-5,9,12,16,19H,2-3,6-8,10H2,1H3,(H,20,21);1H. The highest BCUT2D eigenvalue weighted by atomic mass is 35.5. The third kappa shape index (κ3) is 6.49. The first-order valence-electron chi connectivity index (χ1n) is 7.70. The molecule has 1 aliphatic heterocycles. The van der Waals surface area contributed by atoms with Gasteiger partial charge in [-0.3, -0.25) is 4.79 Å². The molecule has 24 heavy (non-hydrogen) atoms. The molecule has 1 aliphatic rings. The summed E-state index contributed by atoms with van der Waals surface area (Å²) < 4.78 is 34.2. The van der Waals surface area contributed by atoms with Crippen molar-refractivity contribution in [2.24, 2.45) is 0 Å². The van der Waals surface area contributed by atoms with E-state index in [1.807, 2.05) is 0 Å². The lowest BCUT2D eigenvalue weighted by Crippen LogP contribution is -2.32. The van der Waals surface area contributed by atoms with Gasteiger partial charge in [-0.25, -0.2) is 0 Å². The van der Waals surface area contributed by atoms with E-state index in [1.54, 1.807) is 12.1 Å². The minimum atomic E-state index is -2.90. The van der Waals surface area contributed by atoms with E-state index < -0.39 is 6.61 Å². The van der Waals surface area contributed by atoms with Gasteiger partial charge in [0.1, 0.15) is 0 Å². The monoisotopic (exact) mass is 364 g/mol. The summed E-state index contributed by atoms with van der Waals surface area (Å²) >= 11 is 0. The van der Waals surface area contributed by atoms with E-state index in [1.165, 1.54) is 13.2 Å². The maximum Gasteiger partial charge on any atom is 0.387 e. The minimum Gasteiger partial charge on any atom is -0.493 e. The molecule has 1 unspecified atom stereocenters. The largest absolute Gasteiger partial charge is 0.493 e. The highest BCUT2D eigenvalue weighted by Crippen LogP contribution is 2.29. The van der Waals surface area contributed by atoms with Gasteiger partial charge in [0.2, 0.25) is 5.91 Å². The second-order valence-electron chi connectivity index (χ2n) is 5.46. The molecule has 1 amide bonds. The molecule has 0 bridgehead atoms. The lowest BCUT2D eigenvalue weighted by molar-refractivity contribution is -0.121. The van der Waals surface area contributed by atoms with E-state index in [0.717, 1.165) is 24.9 Å². The van der Waals surface area contributed by atoms with Gasteiger partial charge < -0.3 is 20.1 Å². The zero-order chi connectivity index (χ0) is 16.7. The average molecular weight is 365 g/mol. The first kappa shape index (κ1) is 20.4. The Labute approximate surface area is 146 Å². The van der Waals surface area contributed by atoms with Gasteiger partial charge >= 0.3 is 6.61 Å². The normalized spacial score (nSPS) is 16.6. The van der Waals surface area contributed by atoms with Gasteiger partial charge in [0.25, 0.3) is 0 Å². The van der Waals surface area contributed by atoms with Crippen LogP contribution in [0.5, 0.6) is 11.5 Å². The maximum atomic E-state index is 12.4. The molecular weight excluding hydrogens is 342 g/mol. The van der Waals surface area contributed by atoms with Crippen molar-refractivity contribution in [3.05, 3.63) is 23.8 Å². The SMILES string of the molecule is COc1ccc(CCNC(=O)CC2CCCN2)cc1OC(F)F.Cl. The Hall–Kier alpha value is -1.60. The predicted molar refractivity (Wildman–Crippen MR) is 89.2 cm³/mol. The molecule has 1 saturated heterocycles. The van der Waals surface area contributed by atoms with Gasteiger partial charge in [0.15, 0.2) is 11.5 Å². The summed E-state index contributed by atoms with van der Waals surface area (Å²) in [4.78, 5) is 11.8. The third-order valence-electron chi connectivity index (χ3n) is 3.77. The molecule has 1 fully saturated rings. The van der Waals surface area contributed by atoms with Crippen molar-refractivity contribution in [1.82, 2.24) is 10.6 Å². The van der Waals surface area contributed by atoms with Crippen LogP contribution in [0.4, 0.5) is 8.78 Å². The maximum absolute atomic E-state index is 12.4. The second kappa shape index (κ2) is 10.3. The molecular formula is C16H23ClF2N2O3. The number of carbonyl (C=O) groups is 1. The number of rotatable bonds is 8. The zero-order valence-corrected chi connectivity index (χ0v) is 14.3. The van der Waals surface area contributed by atoms with Gasteiger partial charge in [-0.2, -0.15) is 8.78 Å². The van der Waals surface area contributed by atoms with Gasteiger partial charge in [-0.05, 0) is 43.5 Å². The first-order valence-corrected chi connectivity index (χ1v) is 7.70. The number of alkyl halides is 2. The number of carbonyl (C=O) groups excluding carboxylic acids is 1. The Balaban J connectivity index is 0.00000288. The van der Waals surface area contributed by atoms with Crippen molar-refractivity contribution in [3.63, 3.8) is 0 Å². The van der Waals surface area contributed by atoms with E-state index in [4.69, 9.17) is 4.74 Å². The van der Waals surface area contributed by atoms with Crippen molar-refractivity contribution < 1.29 is 23.0 Å². The second-order valence-corrected chi connectivity index (χ2v) is 5.46. The van der Waals surface area contributed by atoms with Crippen molar-refractivity contribution in [2.75, 3.05) is 20.2 Å². The zero-order valence-electron chi connectivity index (χ0n) is 13.5. The highest BCUT2D eigenvalue weighted by molar-refractivity contribution is 5.85. The summed E-state index contributed by atoms with van der Waals surface area (Å²) in [6.07, 6.45) is 3.15. The van der Waals surface area contributed by atoms with Crippen LogP contribution in [0.15, 0.2) is 18.2 Å². The van der Waals surface area contributed by atoms with Gasteiger partial charge in [0.05, 0.1) is 7.11 Å². The number of hydrogen-bond donors (Lipinski definition) is 2. The Bertz CT molecular complexity index is 526. The molecule has 0 saturated carbocycles. The summed E-state index contributed by atoms with van der Waals surface area (Å²) in [5.41, 5.74) is 0.792. The van der Waals surface area contributed by atoms with E-state index in [0.29, 0.717) is 19.4 Å². The van der Waals surface area contributed by atoms with Crippen LogP contribution in [0.25, 0.3) is 0 Å². The molecule has 0 aliphatic carbocycles. The highest BCUT2D eigenvalue weighted by Gasteiger charge is 2.17. The molecule has 8 heteroatoms. The van der Waals surface area contributed by atoms with Crippen molar-refractivity contribution in [2.45, 2.75) is 38.3 Å². The van der Waals surface area contributed by atoms with Crippen LogP contribution >= 0.6 is 12.4 Å². The topological polar surface area (TPSA) is 59.6 Å². The minimum absolute atomic E-state index is 0. The molecule has 0 aromatic heterocycles. The lowest BCUT2D eigenvalue weighted by Gasteiger charge is -2.12. The number of hydrogen-bond acceptors (Lipinski definition) is 4. The molecule has 1 atom stereocenters. The number of nitrogens with one attached hydrogen (secondary N) is 2. The fourth-order valence-electron chi connectivity index (χ4n) is 2.64. The van der Waals surface area contributed by atoms with Crippen LogP contribution in [0.2, 0.25) is 0 Å². The Morgan fingerprint density at radius 1 is 1.42 bits per heavy atom. The van der Waals surface area contributed by atoms with Crippen molar-refractivity contribution in [1.29, 1.82) is 0 Å². The van der Waals surface area contributed by atoms with Crippen LogP contribution < -0.4 is 20.1 Å². The van der Waals surface area contributed by atoms with Gasteiger partial charge in [-0.15, -0.1) is 12.4 Å². The van der Waals surface area contributed by atoms with Crippen molar-refractivity contribution in [3.8, 4) is 11.5 Å². The van der Waals surface area contributed by atoms with Crippen LogP contribution in [0.3, 0.4) is 0 Å². The summed E-state index contributed by atoms with van der Waals surface area (Å²) in [5.74, 6) is 0.258. The Morgan fingerprint density at radius 3 is 2.83 bits per heavy atom. The van der Waals surface area contributed by atoms with Crippen LogP contribution in [0.1, 0.15) is 24.8 Å². The lowest BCUT2D eigenvalue weighted by atomic mass is 10.1. The number of halogens is 3. The molecule has 0 radical (unpaired) electrons. The van der Waals surface area contributed by atoms with E-state index >= 15 is 0 Å². The summed E-state index contributed by atoms with van der Waals surface area (Å²) in [5, 5.41) is 6.12. The summed E-state index contributed by atoms with van der Waals surface area (Å²) in [7, 11) is 1.39. The fourth-order valence-corrected chi connectivity index (χ4v) is 2.64. The van der Waals surface area contributed by atoms with Crippen molar-refractivity contribution >= 4 is 18.3 Å². The van der Waals surface area contributed by atoms with Gasteiger partial charge in [0, 0.05) is 19.0 Å². The predicted octanol–water partition coefficient (Wildman–Crippen LogP) is 2.52. The van der Waals surface area contributed by atoms with Crippen LogP contribution in [-0.4, -0.2) is 38.8 Å². The number of amides is 1. The number of benzene rings is 1. The quantitative estimate of drug-likeness (QED) is 0.744. The third-order valence-corrected chi connectivity index (χ3v) is 3.77. The van der Waals surface area contributed by atoms with E-state index in [9.17, 15) is 13.6 Å². The molecule has 1 aromatic rings. The van der Waals surface area contributed by atoms with Crippen LogP contribution in [-0.2, 0) is 11.2 Å². The smallest absolute Gasteiger partial charge is 0.387 e. The Kier molecular flexibility index (Phi) is 8.78. The summed E-state index contributed by atoms with van der Waals surface area (Å²) in [6, 6.07) is 5.12. The molecule has 0 spiro atoms. The molecule has 2 N–H and O–H groups in total. The molecule has 2 rings (SSSR count). The molecule has 5 nitrogen and oxygen atoms in total. The van der Waals surface area contributed by atoms with Crippen LogP contribution in [0, 0.1) is 0 Å². The number of ether oxygens (including phenoxy) is 2. The first-order chi connectivity index (χ1) is 11.1. The fraction of sp³-hybridized carbons (Fsp3) is 0.562. The van der Waals surface area contributed by atoms with Gasteiger partial charge in [-0.1, -0.05) is 6.07 Å². The summed E-state index contributed by atoms with van der Waals surface area (Å²) in [6.45, 7) is -1.49. The molecule has 1 aromatic carbocycles.